The molecule has 29 heavy (non-hydrogen) atoms. The lowest BCUT2D eigenvalue weighted by Crippen LogP contribution is -2.20. The highest BCUT2D eigenvalue weighted by molar-refractivity contribution is 5.90. The Balaban J connectivity index is 1.81. The van der Waals surface area contributed by atoms with Gasteiger partial charge in [0.25, 0.3) is 5.56 Å². The number of carbonyl (C=O) groups is 1. The minimum atomic E-state index is -0.297. The number of rotatable bonds is 6. The number of nitrogens with zero attached hydrogens (tertiary/aromatic N) is 4. The van der Waals surface area contributed by atoms with Gasteiger partial charge in [-0.05, 0) is 29.3 Å². The zero-order valence-corrected chi connectivity index (χ0v) is 15.7. The average molecular weight is 382 g/mol. The van der Waals surface area contributed by atoms with Crippen molar-refractivity contribution in [2.24, 2.45) is 0 Å². The molecule has 0 spiro atoms. The normalized spacial score (nSPS) is 10.8. The van der Waals surface area contributed by atoms with E-state index in [1.807, 2.05) is 48.5 Å². The Bertz CT molecular complexity index is 1260. The van der Waals surface area contributed by atoms with E-state index in [9.17, 15) is 9.59 Å². The van der Waals surface area contributed by atoms with E-state index in [4.69, 9.17) is 0 Å². The average Bonchev–Trinajstić information content (AvgIpc) is 2.74. The third kappa shape index (κ3) is 4.01. The lowest BCUT2D eigenvalue weighted by molar-refractivity contribution is -0.114. The summed E-state index contributed by atoms with van der Waals surface area (Å²) in [7, 11) is 0. The number of carbonyl (C=O) groups excluding carboxylic acids is 1. The molecule has 142 valence electrons. The van der Waals surface area contributed by atoms with E-state index in [0.29, 0.717) is 29.1 Å². The van der Waals surface area contributed by atoms with Crippen molar-refractivity contribution in [1.82, 2.24) is 19.5 Å². The van der Waals surface area contributed by atoms with Crippen LogP contribution in [0, 0.1) is 0 Å². The summed E-state index contributed by atoms with van der Waals surface area (Å²) in [5.41, 5.74) is 3.16. The first-order valence-electron chi connectivity index (χ1n) is 9.16. The SMILES string of the molecule is C=CC(=O)Cc1cccc(-n2c(=O)cnc3cnc(Cc4ccccc4)nc32)c1. The van der Waals surface area contributed by atoms with Crippen LogP contribution in [-0.4, -0.2) is 25.3 Å². The van der Waals surface area contributed by atoms with Gasteiger partial charge in [0.15, 0.2) is 11.4 Å². The van der Waals surface area contributed by atoms with Crippen LogP contribution in [0.2, 0.25) is 0 Å². The first-order valence-corrected chi connectivity index (χ1v) is 9.16. The van der Waals surface area contributed by atoms with Gasteiger partial charge in [0.1, 0.15) is 11.3 Å². The number of fused-ring (bicyclic) bond motifs is 1. The molecule has 6 nitrogen and oxygen atoms in total. The topological polar surface area (TPSA) is 77.7 Å². The van der Waals surface area contributed by atoms with Crippen molar-refractivity contribution in [3.05, 3.63) is 107 Å². The summed E-state index contributed by atoms with van der Waals surface area (Å²) in [5, 5.41) is 0. The molecule has 0 aliphatic carbocycles. The fraction of sp³-hybridized carbons (Fsp3) is 0.0870. The van der Waals surface area contributed by atoms with E-state index in [1.165, 1.54) is 16.8 Å². The maximum atomic E-state index is 12.6. The molecule has 0 aliphatic rings. The van der Waals surface area contributed by atoms with Crippen molar-refractivity contribution >= 4 is 16.9 Å². The molecule has 0 amide bonds. The van der Waals surface area contributed by atoms with Gasteiger partial charge in [0, 0.05) is 12.8 Å². The molecular weight excluding hydrogens is 364 g/mol. The summed E-state index contributed by atoms with van der Waals surface area (Å²) < 4.78 is 1.50. The highest BCUT2D eigenvalue weighted by Crippen LogP contribution is 2.16. The van der Waals surface area contributed by atoms with E-state index in [0.717, 1.165) is 11.1 Å². The van der Waals surface area contributed by atoms with E-state index in [-0.39, 0.29) is 17.8 Å². The van der Waals surface area contributed by atoms with E-state index in [1.54, 1.807) is 12.3 Å². The van der Waals surface area contributed by atoms with Crippen LogP contribution in [0.25, 0.3) is 16.9 Å². The molecule has 0 unspecified atom stereocenters. The maximum absolute atomic E-state index is 12.6. The van der Waals surface area contributed by atoms with Crippen LogP contribution in [0.3, 0.4) is 0 Å². The largest absolute Gasteiger partial charge is 0.295 e. The molecule has 0 saturated carbocycles. The molecular formula is C23H18N4O2. The quantitative estimate of drug-likeness (QED) is 0.479. The van der Waals surface area contributed by atoms with Gasteiger partial charge in [-0.1, -0.05) is 49.0 Å². The Kier molecular flexibility index (Phi) is 5.07. The Morgan fingerprint density at radius 3 is 2.59 bits per heavy atom. The van der Waals surface area contributed by atoms with Gasteiger partial charge in [-0.25, -0.2) is 15.0 Å². The van der Waals surface area contributed by atoms with Gasteiger partial charge in [0.2, 0.25) is 0 Å². The molecule has 0 N–H and O–H groups in total. The monoisotopic (exact) mass is 382 g/mol. The van der Waals surface area contributed by atoms with E-state index in [2.05, 4.69) is 21.5 Å². The lowest BCUT2D eigenvalue weighted by Gasteiger charge is -2.11. The lowest BCUT2D eigenvalue weighted by atomic mass is 10.1. The Morgan fingerprint density at radius 2 is 1.79 bits per heavy atom. The van der Waals surface area contributed by atoms with Crippen molar-refractivity contribution < 1.29 is 4.79 Å². The summed E-state index contributed by atoms with van der Waals surface area (Å²) in [6.45, 7) is 3.51. The third-order valence-corrected chi connectivity index (χ3v) is 4.53. The second-order valence-corrected chi connectivity index (χ2v) is 6.61. The summed E-state index contributed by atoms with van der Waals surface area (Å²) in [5.74, 6) is 0.518. The molecule has 0 fully saturated rings. The van der Waals surface area contributed by atoms with Crippen LogP contribution in [-0.2, 0) is 17.6 Å². The van der Waals surface area contributed by atoms with E-state index < -0.39 is 0 Å². The second kappa shape index (κ2) is 7.98. The van der Waals surface area contributed by atoms with Crippen LogP contribution in [0.4, 0.5) is 0 Å². The summed E-state index contributed by atoms with van der Waals surface area (Å²) in [6.07, 6.45) is 4.95. The highest BCUT2D eigenvalue weighted by atomic mass is 16.1. The molecule has 0 saturated heterocycles. The number of allylic oxidation sites excluding steroid dienone is 1. The molecule has 2 heterocycles. The van der Waals surface area contributed by atoms with Gasteiger partial charge in [-0.15, -0.1) is 0 Å². The van der Waals surface area contributed by atoms with Crippen molar-refractivity contribution in [3.63, 3.8) is 0 Å². The van der Waals surface area contributed by atoms with Gasteiger partial charge in [-0.3, -0.25) is 14.2 Å². The number of benzene rings is 2. The molecule has 0 atom stereocenters. The Hall–Kier alpha value is -3.93. The third-order valence-electron chi connectivity index (χ3n) is 4.53. The zero-order valence-electron chi connectivity index (χ0n) is 15.7. The van der Waals surface area contributed by atoms with Crippen molar-refractivity contribution in [1.29, 1.82) is 0 Å². The fourth-order valence-corrected chi connectivity index (χ4v) is 3.14. The fourth-order valence-electron chi connectivity index (χ4n) is 3.14. The van der Waals surface area contributed by atoms with Crippen molar-refractivity contribution in [2.45, 2.75) is 12.8 Å². The van der Waals surface area contributed by atoms with Gasteiger partial charge in [0.05, 0.1) is 18.1 Å². The predicted molar refractivity (Wildman–Crippen MR) is 111 cm³/mol. The number of hydrogen-bond donors (Lipinski definition) is 0. The molecule has 0 aliphatic heterocycles. The summed E-state index contributed by atoms with van der Waals surface area (Å²) >= 11 is 0. The first kappa shape index (κ1) is 18.4. The Labute approximate surface area is 167 Å². The van der Waals surface area contributed by atoms with Gasteiger partial charge >= 0.3 is 0 Å². The van der Waals surface area contributed by atoms with Crippen LogP contribution in [0.1, 0.15) is 17.0 Å². The predicted octanol–water partition coefficient (Wildman–Crippen LogP) is 3.06. The number of aromatic nitrogens is 4. The van der Waals surface area contributed by atoms with Crippen molar-refractivity contribution in [3.8, 4) is 5.69 Å². The summed E-state index contributed by atoms with van der Waals surface area (Å²) in [4.78, 5) is 37.5. The van der Waals surface area contributed by atoms with E-state index >= 15 is 0 Å². The molecule has 2 aromatic heterocycles. The van der Waals surface area contributed by atoms with Crippen LogP contribution in [0.5, 0.6) is 0 Å². The first-order chi connectivity index (χ1) is 14.1. The van der Waals surface area contributed by atoms with Crippen LogP contribution < -0.4 is 5.56 Å². The standard InChI is InChI=1S/C23H18N4O2/c1-2-19(28)12-17-9-6-10-18(11-17)27-22(29)15-24-20-14-25-21(26-23(20)27)13-16-7-4-3-5-8-16/h2-11,14-15H,1,12-13H2. The molecule has 0 bridgehead atoms. The molecule has 6 heteroatoms. The molecule has 4 aromatic rings. The number of hydrogen-bond acceptors (Lipinski definition) is 5. The molecule has 4 rings (SSSR count). The molecule has 0 radical (unpaired) electrons. The van der Waals surface area contributed by atoms with Crippen LogP contribution in [0.15, 0.2) is 84.4 Å². The second-order valence-electron chi connectivity index (χ2n) is 6.61. The number of ketones is 1. The van der Waals surface area contributed by atoms with Gasteiger partial charge in [-0.2, -0.15) is 0 Å². The van der Waals surface area contributed by atoms with Gasteiger partial charge < -0.3 is 0 Å². The zero-order chi connectivity index (χ0) is 20.2. The Morgan fingerprint density at radius 1 is 1.00 bits per heavy atom. The maximum Gasteiger partial charge on any atom is 0.275 e. The van der Waals surface area contributed by atoms with Crippen LogP contribution >= 0.6 is 0 Å². The highest BCUT2D eigenvalue weighted by Gasteiger charge is 2.11. The smallest absolute Gasteiger partial charge is 0.275 e. The minimum absolute atomic E-state index is 0.0819. The molecule has 2 aromatic carbocycles. The summed E-state index contributed by atoms with van der Waals surface area (Å²) in [6, 6.07) is 17.2. The minimum Gasteiger partial charge on any atom is -0.295 e. The van der Waals surface area contributed by atoms with Crippen molar-refractivity contribution in [2.75, 3.05) is 0 Å².